The van der Waals surface area contributed by atoms with Crippen molar-refractivity contribution in [2.24, 2.45) is 0 Å². The fraction of sp³-hybridized carbons (Fsp3) is 0.353. The highest BCUT2D eigenvalue weighted by Crippen LogP contribution is 2.25. The largest absolute Gasteiger partial charge is 0.341 e. The molecule has 0 aliphatic rings. The quantitative estimate of drug-likeness (QED) is 0.637. The number of nitrogens with zero attached hydrogens (tertiary/aromatic N) is 3. The third-order valence-corrected chi connectivity index (χ3v) is 4.76. The molecule has 0 radical (unpaired) electrons. The fourth-order valence-electron chi connectivity index (χ4n) is 2.83. The summed E-state index contributed by atoms with van der Waals surface area (Å²) in [6, 6.07) is 11.1. The van der Waals surface area contributed by atoms with Crippen LogP contribution in [-0.2, 0) is 6.54 Å². The van der Waals surface area contributed by atoms with Crippen molar-refractivity contribution in [3.05, 3.63) is 52.9 Å². The van der Waals surface area contributed by atoms with Gasteiger partial charge in [-0.2, -0.15) is 5.10 Å². The van der Waals surface area contributed by atoms with E-state index in [1.165, 1.54) is 10.9 Å². The monoisotopic (exact) mass is 345 g/mol. The number of rotatable bonds is 5. The molecule has 0 saturated heterocycles. The molecule has 2 aromatic heterocycles. The number of hydrogen-bond donors (Lipinski definition) is 0. The molecule has 21 heavy (non-hydrogen) atoms. The summed E-state index contributed by atoms with van der Waals surface area (Å²) in [5.41, 5.74) is 2.35. The van der Waals surface area contributed by atoms with Gasteiger partial charge in [0.1, 0.15) is 0 Å². The van der Waals surface area contributed by atoms with Gasteiger partial charge in [0.15, 0.2) is 0 Å². The third kappa shape index (κ3) is 2.77. The number of fused-ring (bicyclic) bond motifs is 1. The number of benzene rings is 1. The summed E-state index contributed by atoms with van der Waals surface area (Å²) < 4.78 is 5.50. The highest BCUT2D eigenvalue weighted by molar-refractivity contribution is 9.10. The molecule has 0 aliphatic carbocycles. The zero-order valence-electron chi connectivity index (χ0n) is 12.5. The van der Waals surface area contributed by atoms with E-state index in [0.717, 1.165) is 29.6 Å². The molecule has 1 aromatic carbocycles. The van der Waals surface area contributed by atoms with E-state index >= 15 is 0 Å². The molecule has 3 nitrogen and oxygen atoms in total. The van der Waals surface area contributed by atoms with Gasteiger partial charge < -0.3 is 4.57 Å². The lowest BCUT2D eigenvalue weighted by Crippen LogP contribution is -2.08. The van der Waals surface area contributed by atoms with E-state index in [2.05, 4.69) is 81.8 Å². The highest BCUT2D eigenvalue weighted by Gasteiger charge is 2.09. The molecule has 0 atom stereocenters. The van der Waals surface area contributed by atoms with Crippen LogP contribution in [0.15, 0.2) is 47.2 Å². The summed E-state index contributed by atoms with van der Waals surface area (Å²) >= 11 is 3.60. The SMILES string of the molecule is CCC(CC)n1ccc(Cn2ccc3c(Br)cccc32)n1. The summed E-state index contributed by atoms with van der Waals surface area (Å²) in [7, 11) is 0. The first kappa shape index (κ1) is 14.4. The van der Waals surface area contributed by atoms with Crippen LogP contribution in [0.2, 0.25) is 0 Å². The number of aromatic nitrogens is 3. The molecule has 110 valence electrons. The van der Waals surface area contributed by atoms with Crippen molar-refractivity contribution >= 4 is 26.8 Å². The average molecular weight is 346 g/mol. The molecule has 0 unspecified atom stereocenters. The first-order valence-corrected chi connectivity index (χ1v) is 8.29. The van der Waals surface area contributed by atoms with Gasteiger partial charge in [0.25, 0.3) is 0 Å². The van der Waals surface area contributed by atoms with Crippen molar-refractivity contribution in [1.29, 1.82) is 0 Å². The molecule has 2 heterocycles. The smallest absolute Gasteiger partial charge is 0.0821 e. The topological polar surface area (TPSA) is 22.8 Å². The Morgan fingerprint density at radius 2 is 1.90 bits per heavy atom. The van der Waals surface area contributed by atoms with Crippen LogP contribution < -0.4 is 0 Å². The molecule has 4 heteroatoms. The van der Waals surface area contributed by atoms with Gasteiger partial charge in [-0.3, -0.25) is 4.68 Å². The normalized spacial score (nSPS) is 11.6. The van der Waals surface area contributed by atoms with E-state index in [4.69, 9.17) is 5.10 Å². The zero-order chi connectivity index (χ0) is 14.8. The van der Waals surface area contributed by atoms with Crippen LogP contribution in [-0.4, -0.2) is 14.3 Å². The lowest BCUT2D eigenvalue weighted by Gasteiger charge is -2.12. The van der Waals surface area contributed by atoms with Crippen LogP contribution in [0.5, 0.6) is 0 Å². The molecule has 0 saturated carbocycles. The van der Waals surface area contributed by atoms with Gasteiger partial charge >= 0.3 is 0 Å². The molecule has 0 amide bonds. The van der Waals surface area contributed by atoms with Crippen molar-refractivity contribution in [3.63, 3.8) is 0 Å². The molecular weight excluding hydrogens is 326 g/mol. The Hall–Kier alpha value is -1.55. The minimum atomic E-state index is 0.509. The average Bonchev–Trinajstić information content (AvgIpc) is 3.10. The van der Waals surface area contributed by atoms with Gasteiger partial charge in [-0.1, -0.05) is 35.8 Å². The van der Waals surface area contributed by atoms with E-state index in [1.54, 1.807) is 0 Å². The Bertz CT molecular complexity index is 737. The standard InChI is InChI=1S/C17H20BrN3/c1-3-14(4-2)21-11-8-13(19-21)12-20-10-9-15-16(18)6-5-7-17(15)20/h5-11,14H,3-4,12H2,1-2H3. The third-order valence-electron chi connectivity index (χ3n) is 4.07. The second-order valence-electron chi connectivity index (χ2n) is 5.37. The van der Waals surface area contributed by atoms with Crippen LogP contribution in [0.1, 0.15) is 38.4 Å². The summed E-state index contributed by atoms with van der Waals surface area (Å²) in [4.78, 5) is 0. The maximum Gasteiger partial charge on any atom is 0.0821 e. The molecule has 0 spiro atoms. The Kier molecular flexibility index (Phi) is 4.15. The van der Waals surface area contributed by atoms with Crippen LogP contribution in [0.25, 0.3) is 10.9 Å². The molecule has 0 N–H and O–H groups in total. The van der Waals surface area contributed by atoms with Crippen LogP contribution in [0, 0.1) is 0 Å². The van der Waals surface area contributed by atoms with Crippen LogP contribution in [0.3, 0.4) is 0 Å². The van der Waals surface area contributed by atoms with Gasteiger partial charge in [0, 0.05) is 27.8 Å². The van der Waals surface area contributed by atoms with Gasteiger partial charge in [0.05, 0.1) is 18.3 Å². The van der Waals surface area contributed by atoms with E-state index in [0.29, 0.717) is 6.04 Å². The zero-order valence-corrected chi connectivity index (χ0v) is 14.0. The van der Waals surface area contributed by atoms with Crippen molar-refractivity contribution in [3.8, 4) is 0 Å². The second kappa shape index (κ2) is 6.06. The lowest BCUT2D eigenvalue weighted by atomic mass is 10.2. The van der Waals surface area contributed by atoms with E-state index in [1.807, 2.05) is 0 Å². The van der Waals surface area contributed by atoms with Crippen molar-refractivity contribution in [2.45, 2.75) is 39.3 Å². The van der Waals surface area contributed by atoms with E-state index in [-0.39, 0.29) is 0 Å². The van der Waals surface area contributed by atoms with Gasteiger partial charge in [-0.25, -0.2) is 0 Å². The molecular formula is C17H20BrN3. The summed E-state index contributed by atoms with van der Waals surface area (Å²) in [5, 5.41) is 5.99. The molecule has 3 aromatic rings. The summed E-state index contributed by atoms with van der Waals surface area (Å²) in [6.07, 6.45) is 6.48. The van der Waals surface area contributed by atoms with Crippen molar-refractivity contribution in [1.82, 2.24) is 14.3 Å². The van der Waals surface area contributed by atoms with Gasteiger partial charge in [0.2, 0.25) is 0 Å². The first-order chi connectivity index (χ1) is 10.2. The molecule has 0 bridgehead atoms. The Morgan fingerprint density at radius 3 is 2.67 bits per heavy atom. The second-order valence-corrected chi connectivity index (χ2v) is 6.23. The fourth-order valence-corrected chi connectivity index (χ4v) is 3.31. The van der Waals surface area contributed by atoms with Crippen LogP contribution >= 0.6 is 15.9 Å². The summed E-state index contributed by atoms with van der Waals surface area (Å²) in [5.74, 6) is 0. The summed E-state index contributed by atoms with van der Waals surface area (Å²) in [6.45, 7) is 5.24. The minimum absolute atomic E-state index is 0.509. The Balaban J connectivity index is 1.87. The Morgan fingerprint density at radius 1 is 1.10 bits per heavy atom. The minimum Gasteiger partial charge on any atom is -0.341 e. The van der Waals surface area contributed by atoms with Crippen LogP contribution in [0.4, 0.5) is 0 Å². The predicted molar refractivity (Wildman–Crippen MR) is 90.6 cm³/mol. The van der Waals surface area contributed by atoms with Crippen molar-refractivity contribution in [2.75, 3.05) is 0 Å². The molecule has 3 rings (SSSR count). The Labute approximate surface area is 133 Å². The maximum atomic E-state index is 4.74. The first-order valence-electron chi connectivity index (χ1n) is 7.50. The molecule has 0 fully saturated rings. The van der Waals surface area contributed by atoms with Gasteiger partial charge in [-0.05, 0) is 37.1 Å². The highest BCUT2D eigenvalue weighted by atomic mass is 79.9. The molecule has 0 aliphatic heterocycles. The van der Waals surface area contributed by atoms with Gasteiger partial charge in [-0.15, -0.1) is 0 Å². The van der Waals surface area contributed by atoms with E-state index in [9.17, 15) is 0 Å². The maximum absolute atomic E-state index is 4.74. The number of hydrogen-bond acceptors (Lipinski definition) is 1. The van der Waals surface area contributed by atoms with E-state index < -0.39 is 0 Å². The number of halogens is 1. The van der Waals surface area contributed by atoms with Crippen molar-refractivity contribution < 1.29 is 0 Å². The predicted octanol–water partition coefficient (Wildman–Crippen LogP) is 5.01. The lowest BCUT2D eigenvalue weighted by molar-refractivity contribution is 0.425.